The van der Waals surface area contributed by atoms with Gasteiger partial charge in [-0.15, -0.1) is 0 Å². The lowest BCUT2D eigenvalue weighted by Gasteiger charge is -2.24. The van der Waals surface area contributed by atoms with Gasteiger partial charge in [0.25, 0.3) is 5.69 Å². The Labute approximate surface area is 183 Å². The Morgan fingerprint density at radius 2 is 1.10 bits per heavy atom. The van der Waals surface area contributed by atoms with Gasteiger partial charge in [-0.2, -0.15) is 0 Å². The summed E-state index contributed by atoms with van der Waals surface area (Å²) in [6.45, 7) is 0. The maximum Gasteiger partial charge on any atom is 0.269 e. The fourth-order valence-electron chi connectivity index (χ4n) is 3.42. The second-order valence-corrected chi connectivity index (χ2v) is 10.6. The quantitative estimate of drug-likeness (QED) is 0.215. The lowest BCUT2D eigenvalue weighted by atomic mass is 10.1. The van der Waals surface area contributed by atoms with Crippen molar-refractivity contribution >= 4 is 44.6 Å². The zero-order valence-electron chi connectivity index (χ0n) is 15.9. The predicted octanol–water partition coefficient (Wildman–Crippen LogP) is 6.08. The first kappa shape index (κ1) is 20.3. The van der Waals surface area contributed by atoms with Crippen LogP contribution in [0.15, 0.2) is 108 Å². The Bertz CT molecular complexity index is 1220. The minimum atomic E-state index is -2.68. The van der Waals surface area contributed by atoms with Crippen molar-refractivity contribution in [3.05, 3.63) is 118 Å². The van der Waals surface area contributed by atoms with E-state index in [0.717, 1.165) is 31.5 Å². The molecule has 0 saturated heterocycles. The molecule has 1 N–H and O–H groups in total. The van der Waals surface area contributed by atoms with Crippen LogP contribution in [0.3, 0.4) is 0 Å². The minimum absolute atomic E-state index is 0.0314. The number of nitrogens with one attached hydrogen (secondary N) is 1. The smallest absolute Gasteiger partial charge is 0.269 e. The molecule has 0 fully saturated rings. The maximum absolute atomic E-state index is 11.1. The molecule has 0 heterocycles. The number of nitro groups is 1. The van der Waals surface area contributed by atoms with E-state index in [1.807, 2.05) is 66.7 Å². The van der Waals surface area contributed by atoms with Gasteiger partial charge in [-0.3, -0.25) is 10.1 Å². The van der Waals surface area contributed by atoms with Crippen molar-refractivity contribution in [1.82, 2.24) is 0 Å². The van der Waals surface area contributed by atoms with E-state index >= 15 is 0 Å². The molecule has 0 amide bonds. The van der Waals surface area contributed by atoms with Crippen molar-refractivity contribution < 1.29 is 4.92 Å². The average molecular weight is 477 g/mol. The van der Waals surface area contributed by atoms with Gasteiger partial charge in [-0.25, -0.2) is 0 Å². The molecule has 0 radical (unpaired) electrons. The van der Waals surface area contributed by atoms with Crippen molar-refractivity contribution in [2.75, 3.05) is 0 Å². The van der Waals surface area contributed by atoms with Crippen LogP contribution in [-0.4, -0.2) is 4.92 Å². The average Bonchev–Trinajstić information content (AvgIpc) is 2.80. The molecular weight excluding hydrogens is 459 g/mol. The fraction of sp³-hybridized carbons (Fsp3) is 0. The summed E-state index contributed by atoms with van der Waals surface area (Å²) >= 11 is 3.46. The van der Waals surface area contributed by atoms with Crippen LogP contribution in [0, 0.1) is 15.3 Å². The Morgan fingerprint density at radius 3 is 1.60 bits per heavy atom. The number of hydrogen-bond donors (Lipinski definition) is 1. The van der Waals surface area contributed by atoms with Crippen LogP contribution in [0.2, 0.25) is 0 Å². The summed E-state index contributed by atoms with van der Waals surface area (Å²) < 4.78 is 1.03. The lowest BCUT2D eigenvalue weighted by Crippen LogP contribution is -2.24. The molecular formula is C24H18BrN2O2P. The molecule has 6 heteroatoms. The Hall–Kier alpha value is -3.01. The zero-order chi connectivity index (χ0) is 21.1. The molecule has 0 aliphatic rings. The molecule has 1 atom stereocenters. The van der Waals surface area contributed by atoms with E-state index in [4.69, 9.17) is 0 Å². The van der Waals surface area contributed by atoms with Crippen molar-refractivity contribution in [2.24, 2.45) is 0 Å². The van der Waals surface area contributed by atoms with Gasteiger partial charge in [0.15, 0.2) is 0 Å². The van der Waals surface area contributed by atoms with E-state index < -0.39 is 12.0 Å². The van der Waals surface area contributed by atoms with E-state index in [1.54, 1.807) is 12.1 Å². The number of nitrogens with zero attached hydrogens (tertiary/aromatic N) is 1. The number of benzene rings is 4. The summed E-state index contributed by atoms with van der Waals surface area (Å²) in [5.74, 6) is 0. The summed E-state index contributed by atoms with van der Waals surface area (Å²) in [5.41, 5.74) is 2.22. The van der Waals surface area contributed by atoms with Gasteiger partial charge in [0, 0.05) is 21.9 Å². The van der Waals surface area contributed by atoms with E-state index in [-0.39, 0.29) is 5.69 Å². The van der Waals surface area contributed by atoms with Gasteiger partial charge >= 0.3 is 0 Å². The molecule has 0 bridgehead atoms. The standard InChI is InChI=1S/C24H18BrN2O2P/c25-20-10-6-18(7-11-20)19-8-14-23(15-9-19)30(26,22-4-2-1-3-5-22)24-16-12-21(13-17-24)27(28)29/h1-17,26H. The first-order valence-corrected chi connectivity index (χ1v) is 11.9. The molecule has 4 nitrogen and oxygen atoms in total. The lowest BCUT2D eigenvalue weighted by molar-refractivity contribution is -0.384. The molecule has 0 aromatic heterocycles. The van der Waals surface area contributed by atoms with Crippen molar-refractivity contribution in [2.45, 2.75) is 0 Å². The molecule has 0 spiro atoms. The van der Waals surface area contributed by atoms with Crippen LogP contribution in [-0.2, 0) is 0 Å². The van der Waals surface area contributed by atoms with Crippen LogP contribution < -0.4 is 15.9 Å². The second kappa shape index (κ2) is 8.39. The van der Waals surface area contributed by atoms with Crippen LogP contribution >= 0.6 is 23.0 Å². The van der Waals surface area contributed by atoms with Crippen LogP contribution in [0.1, 0.15) is 0 Å². The van der Waals surface area contributed by atoms with Gasteiger partial charge < -0.3 is 5.16 Å². The SMILES string of the molecule is N=P(c1ccccc1)(c1ccc(-c2ccc(Br)cc2)cc1)c1ccc([N+](=O)[O-])cc1. The van der Waals surface area contributed by atoms with E-state index in [9.17, 15) is 15.3 Å². The third kappa shape index (κ3) is 3.87. The normalized spacial score (nSPS) is 12.8. The largest absolute Gasteiger partial charge is 0.305 e. The molecule has 1 unspecified atom stereocenters. The highest BCUT2D eigenvalue weighted by molar-refractivity contribution is 9.10. The van der Waals surface area contributed by atoms with Crippen molar-refractivity contribution in [1.29, 1.82) is 5.16 Å². The van der Waals surface area contributed by atoms with Crippen LogP contribution in [0.4, 0.5) is 5.69 Å². The van der Waals surface area contributed by atoms with Gasteiger partial charge in [-0.1, -0.05) is 82.7 Å². The molecule has 0 aliphatic carbocycles. The summed E-state index contributed by atoms with van der Waals surface area (Å²) in [7, 11) is -2.68. The number of nitro benzene ring substituents is 1. The van der Waals surface area contributed by atoms with E-state index in [1.165, 1.54) is 12.1 Å². The zero-order valence-corrected chi connectivity index (χ0v) is 18.4. The molecule has 0 saturated carbocycles. The summed E-state index contributed by atoms with van der Waals surface area (Å²) in [6, 6.07) is 32.3. The first-order chi connectivity index (χ1) is 14.5. The van der Waals surface area contributed by atoms with Gasteiger partial charge in [0.05, 0.1) is 12.0 Å². The monoisotopic (exact) mass is 476 g/mol. The Morgan fingerprint density at radius 1 is 0.667 bits per heavy atom. The number of non-ortho nitro benzene ring substituents is 1. The van der Waals surface area contributed by atoms with Gasteiger partial charge in [0.1, 0.15) is 0 Å². The fourth-order valence-corrected chi connectivity index (χ4v) is 6.39. The molecule has 4 rings (SSSR count). The summed E-state index contributed by atoms with van der Waals surface area (Å²) in [5, 5.41) is 23.2. The van der Waals surface area contributed by atoms with E-state index in [0.29, 0.717) is 0 Å². The second-order valence-electron chi connectivity index (χ2n) is 6.83. The van der Waals surface area contributed by atoms with Gasteiger partial charge in [0.2, 0.25) is 0 Å². The molecule has 30 heavy (non-hydrogen) atoms. The first-order valence-electron chi connectivity index (χ1n) is 9.30. The summed E-state index contributed by atoms with van der Waals surface area (Å²) in [4.78, 5) is 10.6. The Balaban J connectivity index is 1.81. The van der Waals surface area contributed by atoms with E-state index in [2.05, 4.69) is 28.1 Å². The topological polar surface area (TPSA) is 67.0 Å². The molecule has 0 aliphatic heterocycles. The number of hydrogen-bond acceptors (Lipinski definition) is 3. The molecule has 148 valence electrons. The van der Waals surface area contributed by atoms with Crippen molar-refractivity contribution in [3.8, 4) is 11.1 Å². The Kier molecular flexibility index (Phi) is 5.67. The number of rotatable bonds is 5. The highest BCUT2D eigenvalue weighted by Gasteiger charge is 2.25. The highest BCUT2D eigenvalue weighted by Crippen LogP contribution is 2.43. The number of halogens is 1. The van der Waals surface area contributed by atoms with Gasteiger partial charge in [-0.05, 0) is 46.0 Å². The minimum Gasteiger partial charge on any atom is -0.305 e. The predicted molar refractivity (Wildman–Crippen MR) is 128 cm³/mol. The third-order valence-corrected chi connectivity index (χ3v) is 8.77. The highest BCUT2D eigenvalue weighted by atomic mass is 79.9. The molecule has 4 aromatic carbocycles. The van der Waals surface area contributed by atoms with Crippen molar-refractivity contribution in [3.63, 3.8) is 0 Å². The maximum atomic E-state index is 11.1. The van der Waals surface area contributed by atoms with Crippen LogP contribution in [0.25, 0.3) is 11.1 Å². The molecule has 4 aromatic rings. The third-order valence-electron chi connectivity index (χ3n) is 5.02. The van der Waals surface area contributed by atoms with Crippen LogP contribution in [0.5, 0.6) is 0 Å². The summed E-state index contributed by atoms with van der Waals surface area (Å²) in [6.07, 6.45) is 0.